The number of nitrogens with zero attached hydrogens (tertiary/aromatic N) is 2. The van der Waals surface area contributed by atoms with Gasteiger partial charge < -0.3 is 10.6 Å². The van der Waals surface area contributed by atoms with E-state index in [4.69, 9.17) is 0 Å². The van der Waals surface area contributed by atoms with Gasteiger partial charge in [-0.15, -0.1) is 0 Å². The minimum atomic E-state index is 0.749. The molecule has 1 heterocycles. The number of hydrogen-bond donors (Lipinski definition) is 2. The smallest absolute Gasteiger partial charge is 0.136 e. The van der Waals surface area contributed by atoms with E-state index in [1.54, 1.807) is 0 Å². The summed E-state index contributed by atoms with van der Waals surface area (Å²) in [5.74, 6) is 2.41. The van der Waals surface area contributed by atoms with Gasteiger partial charge in [0.25, 0.3) is 0 Å². The number of para-hydroxylation sites is 1. The Morgan fingerprint density at radius 1 is 0.800 bits per heavy atom. The molecule has 3 aromatic rings. The molecular weight excluding hydrogens is 308 g/mol. The lowest BCUT2D eigenvalue weighted by Crippen LogP contribution is -2.08. The Kier molecular flexibility index (Phi) is 5.29. The topological polar surface area (TPSA) is 49.8 Å². The number of nitrogens with one attached hydrogen (secondary N) is 2. The van der Waals surface area contributed by atoms with Crippen LogP contribution in [0.1, 0.15) is 22.5 Å². The predicted octanol–water partition coefficient (Wildman–Crippen LogP) is 4.80. The SMILES string of the molecule is Cc1nc(NCCc2ccccc2)cc(Nc2c(C)cccc2C)n1. The van der Waals surface area contributed by atoms with Gasteiger partial charge in [-0.2, -0.15) is 0 Å². The normalized spacial score (nSPS) is 10.5. The van der Waals surface area contributed by atoms with Gasteiger partial charge in [-0.25, -0.2) is 9.97 Å². The highest BCUT2D eigenvalue weighted by atomic mass is 15.1. The van der Waals surface area contributed by atoms with Gasteiger partial charge in [0.2, 0.25) is 0 Å². The van der Waals surface area contributed by atoms with Crippen molar-refractivity contribution >= 4 is 17.3 Å². The maximum Gasteiger partial charge on any atom is 0.136 e. The Morgan fingerprint density at radius 3 is 2.20 bits per heavy atom. The van der Waals surface area contributed by atoms with Crippen molar-refractivity contribution in [2.24, 2.45) is 0 Å². The molecule has 0 bridgehead atoms. The quantitative estimate of drug-likeness (QED) is 0.681. The first kappa shape index (κ1) is 17.0. The highest BCUT2D eigenvalue weighted by Gasteiger charge is 2.06. The Labute approximate surface area is 149 Å². The van der Waals surface area contributed by atoms with Crippen molar-refractivity contribution in [3.63, 3.8) is 0 Å². The maximum absolute atomic E-state index is 4.52. The molecule has 1 aromatic heterocycles. The van der Waals surface area contributed by atoms with E-state index >= 15 is 0 Å². The van der Waals surface area contributed by atoms with Crippen molar-refractivity contribution in [1.29, 1.82) is 0 Å². The molecule has 128 valence electrons. The van der Waals surface area contributed by atoms with E-state index in [1.165, 1.54) is 16.7 Å². The number of anilines is 3. The number of benzene rings is 2. The van der Waals surface area contributed by atoms with Crippen molar-refractivity contribution in [3.8, 4) is 0 Å². The van der Waals surface area contributed by atoms with Crippen LogP contribution < -0.4 is 10.6 Å². The summed E-state index contributed by atoms with van der Waals surface area (Å²) in [5, 5.41) is 6.84. The number of hydrogen-bond acceptors (Lipinski definition) is 4. The largest absolute Gasteiger partial charge is 0.370 e. The standard InChI is InChI=1S/C21H24N4/c1-15-8-7-9-16(2)21(15)25-20-14-19(23-17(3)24-20)22-13-12-18-10-5-4-6-11-18/h4-11,14H,12-13H2,1-3H3,(H2,22,23,24,25). The van der Waals surface area contributed by atoms with Crippen molar-refractivity contribution in [1.82, 2.24) is 9.97 Å². The Hall–Kier alpha value is -2.88. The highest BCUT2D eigenvalue weighted by Crippen LogP contribution is 2.24. The summed E-state index contributed by atoms with van der Waals surface area (Å²) in [6.45, 7) is 6.95. The first-order chi connectivity index (χ1) is 12.1. The van der Waals surface area contributed by atoms with Crippen LogP contribution in [0.3, 0.4) is 0 Å². The van der Waals surface area contributed by atoms with Crippen LogP contribution in [0.2, 0.25) is 0 Å². The molecule has 2 N–H and O–H groups in total. The van der Waals surface area contributed by atoms with Gasteiger partial charge >= 0.3 is 0 Å². The molecule has 4 heteroatoms. The molecule has 2 aromatic carbocycles. The Balaban J connectivity index is 1.70. The van der Waals surface area contributed by atoms with E-state index < -0.39 is 0 Å². The van der Waals surface area contributed by atoms with E-state index in [1.807, 2.05) is 19.1 Å². The highest BCUT2D eigenvalue weighted by molar-refractivity contribution is 5.65. The van der Waals surface area contributed by atoms with E-state index in [0.717, 1.165) is 36.1 Å². The van der Waals surface area contributed by atoms with Gasteiger partial charge in [-0.3, -0.25) is 0 Å². The van der Waals surface area contributed by atoms with E-state index in [9.17, 15) is 0 Å². The molecule has 0 atom stereocenters. The Morgan fingerprint density at radius 2 is 1.48 bits per heavy atom. The fourth-order valence-corrected chi connectivity index (χ4v) is 2.84. The van der Waals surface area contributed by atoms with Crippen molar-refractivity contribution < 1.29 is 0 Å². The van der Waals surface area contributed by atoms with Gasteiger partial charge in [-0.05, 0) is 43.9 Å². The van der Waals surface area contributed by atoms with Crippen molar-refractivity contribution in [2.75, 3.05) is 17.2 Å². The van der Waals surface area contributed by atoms with Crippen LogP contribution in [0, 0.1) is 20.8 Å². The summed E-state index contributed by atoms with van der Waals surface area (Å²) in [6, 6.07) is 18.7. The molecule has 0 radical (unpaired) electrons. The molecular formula is C21H24N4. The molecule has 0 unspecified atom stereocenters. The fraction of sp³-hybridized carbons (Fsp3) is 0.238. The summed E-state index contributed by atoms with van der Waals surface area (Å²) >= 11 is 0. The van der Waals surface area contributed by atoms with Crippen LogP contribution in [0.5, 0.6) is 0 Å². The third-order valence-corrected chi connectivity index (χ3v) is 4.13. The van der Waals surface area contributed by atoms with Gasteiger partial charge in [0.05, 0.1) is 0 Å². The second-order valence-electron chi connectivity index (χ2n) is 6.24. The fourth-order valence-electron chi connectivity index (χ4n) is 2.84. The van der Waals surface area contributed by atoms with Crippen molar-refractivity contribution in [2.45, 2.75) is 27.2 Å². The second kappa shape index (κ2) is 7.79. The van der Waals surface area contributed by atoms with Crippen LogP contribution in [0.25, 0.3) is 0 Å². The molecule has 4 nitrogen and oxygen atoms in total. The lowest BCUT2D eigenvalue weighted by atomic mass is 10.1. The molecule has 0 saturated carbocycles. The molecule has 0 spiro atoms. The Bertz CT molecular complexity index is 824. The van der Waals surface area contributed by atoms with Crippen LogP contribution in [0.15, 0.2) is 54.6 Å². The monoisotopic (exact) mass is 332 g/mol. The zero-order chi connectivity index (χ0) is 17.6. The van der Waals surface area contributed by atoms with Gasteiger partial charge in [-0.1, -0.05) is 48.5 Å². The summed E-state index contributed by atoms with van der Waals surface area (Å²) in [7, 11) is 0. The summed E-state index contributed by atoms with van der Waals surface area (Å²) in [5.41, 5.74) is 4.83. The van der Waals surface area contributed by atoms with Crippen LogP contribution >= 0.6 is 0 Å². The van der Waals surface area contributed by atoms with Crippen LogP contribution in [-0.4, -0.2) is 16.5 Å². The second-order valence-corrected chi connectivity index (χ2v) is 6.24. The first-order valence-corrected chi connectivity index (χ1v) is 8.58. The molecule has 0 fully saturated rings. The average Bonchev–Trinajstić information content (AvgIpc) is 2.59. The predicted molar refractivity (Wildman–Crippen MR) is 105 cm³/mol. The van der Waals surface area contributed by atoms with Gasteiger partial charge in [0.1, 0.15) is 17.5 Å². The van der Waals surface area contributed by atoms with E-state index in [2.05, 4.69) is 76.9 Å². The van der Waals surface area contributed by atoms with Gasteiger partial charge in [0, 0.05) is 18.3 Å². The average molecular weight is 332 g/mol. The summed E-state index contributed by atoms with van der Waals surface area (Å²) in [4.78, 5) is 9.00. The van der Waals surface area contributed by atoms with Crippen LogP contribution in [0.4, 0.5) is 17.3 Å². The minimum absolute atomic E-state index is 0.749. The third-order valence-electron chi connectivity index (χ3n) is 4.13. The van der Waals surface area contributed by atoms with E-state index in [0.29, 0.717) is 0 Å². The summed E-state index contributed by atoms with van der Waals surface area (Å²) in [6.07, 6.45) is 0.962. The third kappa shape index (κ3) is 4.57. The number of rotatable bonds is 6. The molecule has 0 aliphatic heterocycles. The lowest BCUT2D eigenvalue weighted by Gasteiger charge is -2.14. The number of aromatic nitrogens is 2. The maximum atomic E-state index is 4.52. The van der Waals surface area contributed by atoms with Crippen LogP contribution in [-0.2, 0) is 6.42 Å². The molecule has 0 aliphatic rings. The first-order valence-electron chi connectivity index (χ1n) is 8.58. The zero-order valence-corrected chi connectivity index (χ0v) is 15.0. The molecule has 0 saturated heterocycles. The van der Waals surface area contributed by atoms with Gasteiger partial charge in [0.15, 0.2) is 0 Å². The lowest BCUT2D eigenvalue weighted by molar-refractivity contribution is 0.982. The van der Waals surface area contributed by atoms with E-state index in [-0.39, 0.29) is 0 Å². The molecule has 3 rings (SSSR count). The van der Waals surface area contributed by atoms with Crippen molar-refractivity contribution in [3.05, 3.63) is 77.1 Å². The molecule has 25 heavy (non-hydrogen) atoms. The summed E-state index contributed by atoms with van der Waals surface area (Å²) < 4.78 is 0. The molecule has 0 aliphatic carbocycles. The minimum Gasteiger partial charge on any atom is -0.370 e. The number of aryl methyl sites for hydroxylation is 3. The zero-order valence-electron chi connectivity index (χ0n) is 15.0. The molecule has 0 amide bonds.